The number of aliphatic hydroxyl groups is 2. The summed E-state index contributed by atoms with van der Waals surface area (Å²) in [5.74, 6) is -0.0687. The maximum atomic E-state index is 12.4. The highest BCUT2D eigenvalue weighted by Crippen LogP contribution is 2.17. The SMILES string of the molecule is CCCCCCCCCCCC/C=C/CC/C=C/C(O)C(CO)NC(=O)CCCCCCCCCCCCCCCCCCCCCCCCCCCC. The lowest BCUT2D eigenvalue weighted by molar-refractivity contribution is -0.123. The monoisotopic (exact) mass is 760 g/mol. The van der Waals surface area contributed by atoms with Crippen molar-refractivity contribution in [3.8, 4) is 0 Å². The predicted octanol–water partition coefficient (Wildman–Crippen LogP) is 15.6. The molecule has 0 bridgehead atoms. The normalized spacial score (nSPS) is 13.0. The van der Waals surface area contributed by atoms with E-state index in [0.29, 0.717) is 6.42 Å². The Morgan fingerprint density at radius 2 is 0.722 bits per heavy atom. The smallest absolute Gasteiger partial charge is 0.220 e. The second-order valence-corrected chi connectivity index (χ2v) is 16.9. The Morgan fingerprint density at radius 3 is 1.07 bits per heavy atom. The van der Waals surface area contributed by atoms with Crippen LogP contribution in [0.5, 0.6) is 0 Å². The first-order valence-electron chi connectivity index (χ1n) is 24.6. The molecular formula is C50H97NO3. The summed E-state index contributed by atoms with van der Waals surface area (Å²) in [6.45, 7) is 4.32. The second-order valence-electron chi connectivity index (χ2n) is 16.9. The molecule has 0 aliphatic rings. The van der Waals surface area contributed by atoms with Crippen molar-refractivity contribution in [1.82, 2.24) is 5.32 Å². The van der Waals surface area contributed by atoms with Crippen LogP contribution < -0.4 is 5.32 Å². The zero-order valence-electron chi connectivity index (χ0n) is 36.8. The fourth-order valence-electron chi connectivity index (χ4n) is 7.67. The summed E-state index contributed by atoms with van der Waals surface area (Å²) in [4.78, 5) is 12.4. The molecule has 0 saturated heterocycles. The average Bonchev–Trinajstić information content (AvgIpc) is 3.18. The van der Waals surface area contributed by atoms with Crippen LogP contribution in [0.4, 0.5) is 0 Å². The van der Waals surface area contributed by atoms with Crippen LogP contribution in [0.15, 0.2) is 24.3 Å². The highest BCUT2D eigenvalue weighted by molar-refractivity contribution is 5.76. The minimum atomic E-state index is -0.858. The van der Waals surface area contributed by atoms with E-state index in [4.69, 9.17) is 0 Å². The third-order valence-corrected chi connectivity index (χ3v) is 11.4. The van der Waals surface area contributed by atoms with E-state index in [0.717, 1.165) is 32.1 Å². The molecule has 0 aromatic rings. The number of allylic oxidation sites excluding steroid dienone is 3. The van der Waals surface area contributed by atoms with Crippen molar-refractivity contribution in [1.29, 1.82) is 0 Å². The first-order valence-corrected chi connectivity index (χ1v) is 24.6. The Balaban J connectivity index is 3.49. The van der Waals surface area contributed by atoms with Gasteiger partial charge in [0.05, 0.1) is 18.8 Å². The van der Waals surface area contributed by atoms with Crippen molar-refractivity contribution in [2.45, 2.75) is 283 Å². The van der Waals surface area contributed by atoms with Gasteiger partial charge >= 0.3 is 0 Å². The van der Waals surface area contributed by atoms with E-state index in [1.807, 2.05) is 6.08 Å². The first kappa shape index (κ1) is 52.9. The number of hydrogen-bond donors (Lipinski definition) is 3. The van der Waals surface area contributed by atoms with Gasteiger partial charge in [0.1, 0.15) is 0 Å². The van der Waals surface area contributed by atoms with Gasteiger partial charge in [0.25, 0.3) is 0 Å². The molecule has 0 aliphatic carbocycles. The fraction of sp³-hybridized carbons (Fsp3) is 0.900. The van der Waals surface area contributed by atoms with Crippen LogP contribution in [0.25, 0.3) is 0 Å². The summed E-state index contributed by atoms with van der Waals surface area (Å²) in [5.41, 5.74) is 0. The van der Waals surface area contributed by atoms with Crippen molar-refractivity contribution < 1.29 is 15.0 Å². The summed E-state index contributed by atoms with van der Waals surface area (Å²) in [7, 11) is 0. The predicted molar refractivity (Wildman–Crippen MR) is 239 cm³/mol. The number of amides is 1. The second kappa shape index (κ2) is 46.3. The van der Waals surface area contributed by atoms with Gasteiger partial charge < -0.3 is 15.5 Å². The van der Waals surface area contributed by atoms with Gasteiger partial charge in [-0.05, 0) is 32.1 Å². The summed E-state index contributed by atoms with van der Waals surface area (Å²) in [6.07, 6.45) is 60.3. The van der Waals surface area contributed by atoms with Crippen LogP contribution in [0.2, 0.25) is 0 Å². The van der Waals surface area contributed by atoms with E-state index < -0.39 is 12.1 Å². The topological polar surface area (TPSA) is 69.6 Å². The minimum Gasteiger partial charge on any atom is -0.394 e. The molecule has 0 aliphatic heterocycles. The van der Waals surface area contributed by atoms with E-state index in [2.05, 4.69) is 31.3 Å². The molecule has 0 fully saturated rings. The Kier molecular flexibility index (Phi) is 45.3. The van der Waals surface area contributed by atoms with Crippen LogP contribution in [0.1, 0.15) is 271 Å². The lowest BCUT2D eigenvalue weighted by Gasteiger charge is -2.19. The zero-order valence-corrected chi connectivity index (χ0v) is 36.8. The zero-order chi connectivity index (χ0) is 39.3. The van der Waals surface area contributed by atoms with Gasteiger partial charge in [0, 0.05) is 6.42 Å². The van der Waals surface area contributed by atoms with Gasteiger partial charge in [0.2, 0.25) is 5.91 Å². The molecule has 3 N–H and O–H groups in total. The molecule has 0 heterocycles. The molecule has 0 spiro atoms. The molecule has 4 nitrogen and oxygen atoms in total. The van der Waals surface area contributed by atoms with E-state index >= 15 is 0 Å². The maximum absolute atomic E-state index is 12.4. The van der Waals surface area contributed by atoms with E-state index in [1.165, 1.54) is 218 Å². The van der Waals surface area contributed by atoms with Crippen molar-refractivity contribution in [2.75, 3.05) is 6.61 Å². The molecule has 4 heteroatoms. The third kappa shape index (κ3) is 42.0. The molecule has 0 aromatic carbocycles. The molecule has 0 rings (SSSR count). The molecule has 0 radical (unpaired) electrons. The first-order chi connectivity index (χ1) is 26.7. The van der Waals surface area contributed by atoms with Crippen LogP contribution >= 0.6 is 0 Å². The van der Waals surface area contributed by atoms with Crippen molar-refractivity contribution in [3.05, 3.63) is 24.3 Å². The molecule has 2 atom stereocenters. The lowest BCUT2D eigenvalue weighted by atomic mass is 10.0. The number of carbonyl (C=O) groups is 1. The molecule has 1 amide bonds. The largest absolute Gasteiger partial charge is 0.394 e. The molecule has 2 unspecified atom stereocenters. The Morgan fingerprint density at radius 1 is 0.426 bits per heavy atom. The van der Waals surface area contributed by atoms with Gasteiger partial charge in [-0.3, -0.25) is 4.79 Å². The summed E-state index contributed by atoms with van der Waals surface area (Å²) in [6, 6.07) is -0.635. The average molecular weight is 760 g/mol. The van der Waals surface area contributed by atoms with E-state index in [-0.39, 0.29) is 12.5 Å². The van der Waals surface area contributed by atoms with Crippen molar-refractivity contribution >= 4 is 5.91 Å². The van der Waals surface area contributed by atoms with Crippen LogP contribution in [0, 0.1) is 0 Å². The van der Waals surface area contributed by atoms with Crippen LogP contribution in [0.3, 0.4) is 0 Å². The standard InChI is InChI=1S/C50H97NO3/c1-3-5-7-9-11-13-15-17-19-21-22-23-24-25-26-27-28-29-30-32-34-36-38-40-42-44-46-50(54)51-48(47-52)49(53)45-43-41-39-37-35-33-31-20-18-16-14-12-10-8-6-4-2/h35,37,43,45,48-49,52-53H,3-34,36,38-42,44,46-47H2,1-2H3,(H,51,54)/b37-35+,45-43+. The van der Waals surface area contributed by atoms with Crippen LogP contribution in [-0.4, -0.2) is 34.9 Å². The van der Waals surface area contributed by atoms with Gasteiger partial charge in [-0.2, -0.15) is 0 Å². The molecular weight excluding hydrogens is 663 g/mol. The highest BCUT2D eigenvalue weighted by Gasteiger charge is 2.17. The molecule has 54 heavy (non-hydrogen) atoms. The Labute approximate surface area is 339 Å². The Hall–Kier alpha value is -1.13. The van der Waals surface area contributed by atoms with Gasteiger partial charge in [-0.1, -0.05) is 256 Å². The molecule has 0 aromatic heterocycles. The number of unbranched alkanes of at least 4 members (excludes halogenated alkanes) is 36. The summed E-state index contributed by atoms with van der Waals surface area (Å²) >= 11 is 0. The summed E-state index contributed by atoms with van der Waals surface area (Å²) in [5, 5.41) is 23.0. The number of carbonyl (C=O) groups excluding carboxylic acids is 1. The van der Waals surface area contributed by atoms with E-state index in [9.17, 15) is 15.0 Å². The maximum Gasteiger partial charge on any atom is 0.220 e. The lowest BCUT2D eigenvalue weighted by Crippen LogP contribution is -2.45. The quantitative estimate of drug-likeness (QED) is 0.0428. The van der Waals surface area contributed by atoms with E-state index in [1.54, 1.807) is 6.08 Å². The highest BCUT2D eigenvalue weighted by atomic mass is 16.3. The number of hydrogen-bond acceptors (Lipinski definition) is 3. The van der Waals surface area contributed by atoms with Gasteiger partial charge in [-0.25, -0.2) is 0 Å². The van der Waals surface area contributed by atoms with Crippen molar-refractivity contribution in [2.24, 2.45) is 0 Å². The van der Waals surface area contributed by atoms with Crippen LogP contribution in [-0.2, 0) is 4.79 Å². The number of rotatable bonds is 45. The summed E-state index contributed by atoms with van der Waals surface area (Å²) < 4.78 is 0. The van der Waals surface area contributed by atoms with Gasteiger partial charge in [0.15, 0.2) is 0 Å². The number of aliphatic hydroxyl groups excluding tert-OH is 2. The minimum absolute atomic E-state index is 0.0687. The van der Waals surface area contributed by atoms with Crippen molar-refractivity contribution in [3.63, 3.8) is 0 Å². The fourth-order valence-corrected chi connectivity index (χ4v) is 7.67. The molecule has 0 saturated carbocycles. The van der Waals surface area contributed by atoms with Gasteiger partial charge in [-0.15, -0.1) is 0 Å². The third-order valence-electron chi connectivity index (χ3n) is 11.4. The molecule has 320 valence electrons. The number of nitrogens with one attached hydrogen (secondary N) is 1. The Bertz CT molecular complexity index is 780.